The van der Waals surface area contributed by atoms with Gasteiger partial charge in [0.1, 0.15) is 11.6 Å². The van der Waals surface area contributed by atoms with Crippen LogP contribution in [0.2, 0.25) is 0 Å². The number of aromatic hydroxyl groups is 1. The third kappa shape index (κ3) is 3.94. The summed E-state index contributed by atoms with van der Waals surface area (Å²) in [6.07, 6.45) is 1.69. The maximum Gasteiger partial charge on any atom is 0.258 e. The van der Waals surface area contributed by atoms with E-state index in [1.165, 1.54) is 19.1 Å². The Labute approximate surface area is 273 Å². The second kappa shape index (κ2) is 10.3. The summed E-state index contributed by atoms with van der Waals surface area (Å²) in [7, 11) is 0. The Morgan fingerprint density at radius 3 is 2.15 bits per heavy atom. The molecule has 3 aromatic rings. The highest BCUT2D eigenvalue weighted by molar-refractivity contribution is 6.58. The number of amides is 4. The molecule has 1 N–H and O–H groups in total. The number of phenolic OH excluding ortho intramolecular Hbond substituents is 1. The molecule has 3 aromatic carbocycles. The van der Waals surface area contributed by atoms with Crippen molar-refractivity contribution >= 4 is 64.0 Å². The average molecular weight is 662 g/mol. The number of carbonyl (C=O) groups excluding carboxylic acids is 5. The molecule has 1 saturated carbocycles. The zero-order chi connectivity index (χ0) is 32.9. The van der Waals surface area contributed by atoms with Gasteiger partial charge >= 0.3 is 0 Å². The minimum atomic E-state index is -2.14. The highest BCUT2D eigenvalue weighted by atomic mass is 35.5. The molecule has 46 heavy (non-hydrogen) atoms. The van der Waals surface area contributed by atoms with Crippen LogP contribution in [0, 0.1) is 30.5 Å². The summed E-state index contributed by atoms with van der Waals surface area (Å²) in [5.74, 6) is -7.14. The van der Waals surface area contributed by atoms with Crippen molar-refractivity contribution in [3.8, 4) is 5.75 Å². The molecule has 0 aromatic heterocycles. The summed E-state index contributed by atoms with van der Waals surface area (Å²) in [6.45, 7) is 3.10. The molecule has 2 saturated heterocycles. The fourth-order valence-corrected chi connectivity index (χ4v) is 8.69. The lowest BCUT2D eigenvalue weighted by Crippen LogP contribution is -2.60. The maximum atomic E-state index is 14.4. The number of fused-ring (bicyclic) bond motifs is 4. The Kier molecular flexibility index (Phi) is 6.81. The number of para-hydroxylation sites is 1. The van der Waals surface area contributed by atoms with E-state index in [1.54, 1.807) is 55.5 Å². The predicted molar refractivity (Wildman–Crippen MR) is 168 cm³/mol. The first-order valence-corrected chi connectivity index (χ1v) is 15.6. The van der Waals surface area contributed by atoms with E-state index in [-0.39, 0.29) is 35.6 Å². The van der Waals surface area contributed by atoms with E-state index in [0.29, 0.717) is 22.4 Å². The van der Waals surface area contributed by atoms with Crippen LogP contribution in [0.1, 0.15) is 47.2 Å². The second-order valence-corrected chi connectivity index (χ2v) is 13.6. The van der Waals surface area contributed by atoms with Crippen LogP contribution in [0.15, 0.2) is 78.4 Å². The molecular weight excluding hydrogens is 634 g/mol. The second-order valence-electron chi connectivity index (χ2n) is 12.4. The molecule has 2 aliphatic heterocycles. The first kappa shape index (κ1) is 30.3. The number of carbonyl (C=O) groups is 5. The van der Waals surface area contributed by atoms with Crippen molar-refractivity contribution in [3.63, 3.8) is 0 Å². The monoisotopic (exact) mass is 660 g/mol. The van der Waals surface area contributed by atoms with E-state index in [2.05, 4.69) is 0 Å². The number of halogens is 3. The van der Waals surface area contributed by atoms with Crippen molar-refractivity contribution in [2.24, 2.45) is 17.8 Å². The molecule has 8 nitrogen and oxygen atoms in total. The lowest BCUT2D eigenvalue weighted by molar-refractivity contribution is -0.125. The standard InChI is InChI=1S/C35H27Cl2FN2O6/c1-17-4-3-5-25(29(17)42)28-23-14-15-24-27(31(44)39(30(24)43)21-10-6-19(7-11-21)18(2)41)26(23)16-34(36)32(45)40(33(46)35(28,34)37)22-12-8-20(38)9-13-22/h3-14,24,26-28,42H,15-16H2,1-2H3. The molecule has 2 aliphatic carbocycles. The van der Waals surface area contributed by atoms with Gasteiger partial charge in [-0.15, -0.1) is 23.2 Å². The number of phenols is 1. The number of hydrogen-bond acceptors (Lipinski definition) is 6. The number of imide groups is 2. The normalized spacial score (nSPS) is 30.2. The Balaban J connectivity index is 1.38. The van der Waals surface area contributed by atoms with Gasteiger partial charge in [-0.05, 0) is 86.7 Å². The number of anilines is 2. The Morgan fingerprint density at radius 1 is 0.870 bits per heavy atom. The molecule has 4 aliphatic rings. The Morgan fingerprint density at radius 2 is 1.50 bits per heavy atom. The van der Waals surface area contributed by atoms with Gasteiger partial charge in [-0.1, -0.05) is 29.8 Å². The molecule has 4 amide bonds. The van der Waals surface area contributed by atoms with Crippen LogP contribution in [0.25, 0.3) is 0 Å². The van der Waals surface area contributed by atoms with E-state index in [0.717, 1.165) is 21.9 Å². The predicted octanol–water partition coefficient (Wildman–Crippen LogP) is 5.81. The van der Waals surface area contributed by atoms with E-state index < -0.39 is 62.9 Å². The van der Waals surface area contributed by atoms with Gasteiger partial charge in [-0.25, -0.2) is 9.29 Å². The molecule has 2 heterocycles. The minimum absolute atomic E-state index is 0.0696. The SMILES string of the molecule is CC(=O)c1ccc(N2C(=O)C3CC=C4C(CC5(Cl)C(=O)N(c6ccc(F)cc6)C(=O)C5(Cl)C4c4cccc(C)c4O)C3C2=O)cc1. The van der Waals surface area contributed by atoms with Gasteiger partial charge in [0.05, 0.1) is 23.2 Å². The van der Waals surface area contributed by atoms with Crippen molar-refractivity contribution in [3.05, 3.63) is 101 Å². The summed E-state index contributed by atoms with van der Waals surface area (Å²) in [5, 5.41) is 11.3. The summed E-state index contributed by atoms with van der Waals surface area (Å²) in [5.41, 5.74) is 2.08. The van der Waals surface area contributed by atoms with Gasteiger partial charge < -0.3 is 5.11 Å². The number of Topliss-reactive ketones (excluding diaryl/α,β-unsaturated/α-hetero) is 1. The van der Waals surface area contributed by atoms with Crippen molar-refractivity contribution in [1.29, 1.82) is 0 Å². The molecule has 0 bridgehead atoms. The van der Waals surface area contributed by atoms with E-state index in [4.69, 9.17) is 23.2 Å². The quantitative estimate of drug-likeness (QED) is 0.164. The summed E-state index contributed by atoms with van der Waals surface area (Å²) < 4.78 is 13.8. The number of nitrogens with zero attached hydrogens (tertiary/aromatic N) is 2. The number of alkyl halides is 2. The van der Waals surface area contributed by atoms with Crippen molar-refractivity contribution < 1.29 is 33.5 Å². The zero-order valence-electron chi connectivity index (χ0n) is 24.7. The average Bonchev–Trinajstić information content (AvgIpc) is 3.37. The minimum Gasteiger partial charge on any atom is -0.507 e. The molecule has 3 fully saturated rings. The topological polar surface area (TPSA) is 112 Å². The van der Waals surface area contributed by atoms with Gasteiger partial charge in [-0.3, -0.25) is 28.9 Å². The number of benzene rings is 3. The number of ketones is 1. The molecular formula is C35H27Cl2FN2O6. The fourth-order valence-electron chi connectivity index (χ4n) is 7.76. The third-order valence-corrected chi connectivity index (χ3v) is 11.4. The fraction of sp³-hybridized carbons (Fsp3) is 0.286. The Hall–Kier alpha value is -4.34. The molecule has 6 unspecified atom stereocenters. The third-order valence-electron chi connectivity index (χ3n) is 10.0. The lowest BCUT2D eigenvalue weighted by Gasteiger charge is -2.50. The van der Waals surface area contributed by atoms with Crippen molar-refractivity contribution in [2.45, 2.75) is 42.4 Å². The van der Waals surface area contributed by atoms with E-state index >= 15 is 0 Å². The van der Waals surface area contributed by atoms with Crippen LogP contribution in [0.3, 0.4) is 0 Å². The van der Waals surface area contributed by atoms with Gasteiger partial charge in [0, 0.05) is 17.0 Å². The molecule has 7 rings (SSSR count). The van der Waals surface area contributed by atoms with E-state index in [1.807, 2.05) is 0 Å². The smallest absolute Gasteiger partial charge is 0.258 e. The van der Waals surface area contributed by atoms with Crippen LogP contribution >= 0.6 is 23.2 Å². The summed E-state index contributed by atoms with van der Waals surface area (Å²) in [6, 6.07) is 15.9. The van der Waals surface area contributed by atoms with Crippen LogP contribution in [0.5, 0.6) is 5.75 Å². The van der Waals surface area contributed by atoms with Gasteiger partial charge in [0.25, 0.3) is 11.8 Å². The summed E-state index contributed by atoms with van der Waals surface area (Å²) >= 11 is 14.7. The van der Waals surface area contributed by atoms with Gasteiger partial charge in [0.2, 0.25) is 11.8 Å². The molecule has 0 radical (unpaired) electrons. The summed E-state index contributed by atoms with van der Waals surface area (Å²) in [4.78, 5) is 66.2. The highest BCUT2D eigenvalue weighted by Crippen LogP contribution is 2.66. The maximum absolute atomic E-state index is 14.4. The van der Waals surface area contributed by atoms with Crippen LogP contribution in [-0.2, 0) is 19.2 Å². The van der Waals surface area contributed by atoms with E-state index in [9.17, 15) is 33.5 Å². The number of hydrogen-bond donors (Lipinski definition) is 1. The molecule has 11 heteroatoms. The molecule has 234 valence electrons. The van der Waals surface area contributed by atoms with Crippen molar-refractivity contribution in [2.75, 3.05) is 9.80 Å². The largest absolute Gasteiger partial charge is 0.507 e. The van der Waals surface area contributed by atoms with Crippen LogP contribution < -0.4 is 9.80 Å². The molecule has 6 atom stereocenters. The number of allylic oxidation sites excluding steroid dienone is 2. The Bertz CT molecular complexity index is 1910. The van der Waals surface area contributed by atoms with Crippen molar-refractivity contribution in [1.82, 2.24) is 0 Å². The first-order chi connectivity index (χ1) is 21.8. The zero-order valence-corrected chi connectivity index (χ0v) is 26.2. The lowest BCUT2D eigenvalue weighted by atomic mass is 9.56. The first-order valence-electron chi connectivity index (χ1n) is 14.8. The molecule has 0 spiro atoms. The van der Waals surface area contributed by atoms with Crippen LogP contribution in [0.4, 0.5) is 15.8 Å². The van der Waals surface area contributed by atoms with Gasteiger partial charge in [0.15, 0.2) is 15.5 Å². The van der Waals surface area contributed by atoms with Gasteiger partial charge in [-0.2, -0.15) is 0 Å². The number of aryl methyl sites for hydroxylation is 1. The highest BCUT2D eigenvalue weighted by Gasteiger charge is 2.77. The van der Waals surface area contributed by atoms with Crippen LogP contribution in [-0.4, -0.2) is 44.3 Å². The number of rotatable bonds is 4.